The highest BCUT2D eigenvalue weighted by Gasteiger charge is 2.00. The van der Waals surface area contributed by atoms with E-state index in [4.69, 9.17) is 0 Å². The molecule has 1 unspecified atom stereocenters. The van der Waals surface area contributed by atoms with Crippen LogP contribution in [0.2, 0.25) is 0 Å². The zero-order chi connectivity index (χ0) is 9.68. The Hall–Kier alpha value is -0.340. The van der Waals surface area contributed by atoms with Crippen molar-refractivity contribution < 1.29 is 0 Å². The van der Waals surface area contributed by atoms with Crippen LogP contribution in [0.3, 0.4) is 0 Å². The number of hydrogen-bond acceptors (Lipinski definition) is 1. The molecule has 0 saturated carbocycles. The highest BCUT2D eigenvalue weighted by Crippen LogP contribution is 2.15. The van der Waals surface area contributed by atoms with Gasteiger partial charge in [0.2, 0.25) is 0 Å². The number of benzene rings is 1. The molecule has 0 amide bonds. The van der Waals surface area contributed by atoms with Crippen LogP contribution >= 0.6 is 15.9 Å². The molecule has 1 nitrogen and oxygen atoms in total. The van der Waals surface area contributed by atoms with Crippen molar-refractivity contribution in [2.24, 2.45) is 0 Å². The predicted octanol–water partition coefficient (Wildman–Crippen LogP) is 3.34. The third-order valence-electron chi connectivity index (χ3n) is 2.21. The average molecular weight is 242 g/mol. The molecule has 0 spiro atoms. The lowest BCUT2D eigenvalue weighted by molar-refractivity contribution is 0.533. The topological polar surface area (TPSA) is 12.0 Å². The summed E-state index contributed by atoms with van der Waals surface area (Å²) in [5.74, 6) is 0. The van der Waals surface area contributed by atoms with Gasteiger partial charge in [-0.05, 0) is 25.0 Å². The van der Waals surface area contributed by atoms with E-state index in [1.807, 2.05) is 6.07 Å². The Balaban J connectivity index is 2.50. The molecule has 0 bridgehead atoms. The molecule has 1 aromatic carbocycles. The van der Waals surface area contributed by atoms with Crippen molar-refractivity contribution in [3.8, 4) is 0 Å². The fourth-order valence-corrected chi connectivity index (χ4v) is 1.50. The van der Waals surface area contributed by atoms with Gasteiger partial charge in [-0.15, -0.1) is 0 Å². The van der Waals surface area contributed by atoms with Gasteiger partial charge in [-0.2, -0.15) is 0 Å². The standard InChI is InChI=1S/C11H16BrN/c1-3-9(2)13-8-10-6-4-5-7-11(10)12/h4-7,9,13H,3,8H2,1-2H3. The molecule has 2 heteroatoms. The van der Waals surface area contributed by atoms with Gasteiger partial charge in [-0.3, -0.25) is 0 Å². The predicted molar refractivity (Wildman–Crippen MR) is 60.7 cm³/mol. The minimum Gasteiger partial charge on any atom is -0.310 e. The van der Waals surface area contributed by atoms with E-state index in [1.165, 1.54) is 16.5 Å². The first kappa shape index (κ1) is 10.7. The fourth-order valence-electron chi connectivity index (χ4n) is 1.07. The van der Waals surface area contributed by atoms with E-state index in [0.717, 1.165) is 6.54 Å². The van der Waals surface area contributed by atoms with Crippen LogP contribution in [0.15, 0.2) is 28.7 Å². The monoisotopic (exact) mass is 241 g/mol. The van der Waals surface area contributed by atoms with E-state index < -0.39 is 0 Å². The molecular formula is C11H16BrN. The van der Waals surface area contributed by atoms with Crippen molar-refractivity contribution in [2.75, 3.05) is 0 Å². The van der Waals surface area contributed by atoms with Gasteiger partial charge >= 0.3 is 0 Å². The maximum atomic E-state index is 3.53. The van der Waals surface area contributed by atoms with Crippen LogP contribution in [0.25, 0.3) is 0 Å². The summed E-state index contributed by atoms with van der Waals surface area (Å²) in [5, 5.41) is 3.46. The summed E-state index contributed by atoms with van der Waals surface area (Å²) >= 11 is 3.53. The van der Waals surface area contributed by atoms with E-state index in [9.17, 15) is 0 Å². The van der Waals surface area contributed by atoms with Crippen LogP contribution < -0.4 is 5.32 Å². The summed E-state index contributed by atoms with van der Waals surface area (Å²) in [6.45, 7) is 5.34. The zero-order valence-electron chi connectivity index (χ0n) is 8.18. The number of nitrogens with one attached hydrogen (secondary N) is 1. The first-order chi connectivity index (χ1) is 6.24. The molecule has 0 fully saturated rings. The molecule has 1 N–H and O–H groups in total. The highest BCUT2D eigenvalue weighted by molar-refractivity contribution is 9.10. The van der Waals surface area contributed by atoms with Crippen LogP contribution in [0, 0.1) is 0 Å². The largest absolute Gasteiger partial charge is 0.310 e. The lowest BCUT2D eigenvalue weighted by Crippen LogP contribution is -2.24. The Morgan fingerprint density at radius 2 is 2.08 bits per heavy atom. The van der Waals surface area contributed by atoms with Crippen molar-refractivity contribution in [2.45, 2.75) is 32.9 Å². The van der Waals surface area contributed by atoms with Gasteiger partial charge in [0.05, 0.1) is 0 Å². The second-order valence-electron chi connectivity index (χ2n) is 3.28. The second kappa shape index (κ2) is 5.40. The van der Waals surface area contributed by atoms with E-state index in [0.29, 0.717) is 6.04 Å². The van der Waals surface area contributed by atoms with Gasteiger partial charge in [0.15, 0.2) is 0 Å². The molecule has 0 aromatic heterocycles. The van der Waals surface area contributed by atoms with Crippen molar-refractivity contribution in [3.05, 3.63) is 34.3 Å². The Kier molecular flexibility index (Phi) is 4.46. The summed E-state index contributed by atoms with van der Waals surface area (Å²) in [6, 6.07) is 8.91. The highest BCUT2D eigenvalue weighted by atomic mass is 79.9. The molecule has 1 rings (SSSR count). The minimum absolute atomic E-state index is 0.590. The molecule has 72 valence electrons. The smallest absolute Gasteiger partial charge is 0.0220 e. The second-order valence-corrected chi connectivity index (χ2v) is 4.14. The molecule has 0 aliphatic rings. The summed E-state index contributed by atoms with van der Waals surface area (Å²) < 4.78 is 1.19. The fraction of sp³-hybridized carbons (Fsp3) is 0.455. The normalized spacial score (nSPS) is 12.8. The Morgan fingerprint density at radius 1 is 1.38 bits per heavy atom. The van der Waals surface area contributed by atoms with E-state index in [1.54, 1.807) is 0 Å². The third kappa shape index (κ3) is 3.49. The molecule has 0 radical (unpaired) electrons. The van der Waals surface area contributed by atoms with Crippen LogP contribution in [0.1, 0.15) is 25.8 Å². The van der Waals surface area contributed by atoms with Crippen LogP contribution in [0.5, 0.6) is 0 Å². The maximum Gasteiger partial charge on any atom is 0.0220 e. The Labute approximate surface area is 88.7 Å². The summed E-state index contributed by atoms with van der Waals surface area (Å²) in [7, 11) is 0. The molecule has 1 atom stereocenters. The lowest BCUT2D eigenvalue weighted by atomic mass is 10.2. The van der Waals surface area contributed by atoms with Crippen LogP contribution in [-0.2, 0) is 6.54 Å². The van der Waals surface area contributed by atoms with Crippen LogP contribution in [0.4, 0.5) is 0 Å². The van der Waals surface area contributed by atoms with Crippen molar-refractivity contribution in [3.63, 3.8) is 0 Å². The molecule has 0 aliphatic carbocycles. The minimum atomic E-state index is 0.590. The number of rotatable bonds is 4. The van der Waals surface area contributed by atoms with Gasteiger partial charge in [-0.25, -0.2) is 0 Å². The Bertz CT molecular complexity index is 260. The SMILES string of the molecule is CCC(C)NCc1ccccc1Br. The molecule has 0 heterocycles. The zero-order valence-corrected chi connectivity index (χ0v) is 9.76. The first-order valence-electron chi connectivity index (χ1n) is 4.70. The third-order valence-corrected chi connectivity index (χ3v) is 2.98. The molecule has 1 aromatic rings. The van der Waals surface area contributed by atoms with E-state index in [2.05, 4.69) is 53.3 Å². The van der Waals surface area contributed by atoms with Gasteiger partial charge in [0, 0.05) is 17.1 Å². The van der Waals surface area contributed by atoms with Crippen LogP contribution in [-0.4, -0.2) is 6.04 Å². The van der Waals surface area contributed by atoms with Crippen molar-refractivity contribution in [1.82, 2.24) is 5.32 Å². The number of halogens is 1. The summed E-state index contributed by atoms with van der Waals surface area (Å²) in [4.78, 5) is 0. The van der Waals surface area contributed by atoms with Crippen molar-refractivity contribution >= 4 is 15.9 Å². The summed E-state index contributed by atoms with van der Waals surface area (Å²) in [6.07, 6.45) is 1.17. The van der Waals surface area contributed by atoms with E-state index in [-0.39, 0.29) is 0 Å². The van der Waals surface area contributed by atoms with Crippen molar-refractivity contribution in [1.29, 1.82) is 0 Å². The molecule has 13 heavy (non-hydrogen) atoms. The molecule has 0 aliphatic heterocycles. The lowest BCUT2D eigenvalue weighted by Gasteiger charge is -2.11. The van der Waals surface area contributed by atoms with E-state index >= 15 is 0 Å². The van der Waals surface area contributed by atoms with Gasteiger partial charge in [0.1, 0.15) is 0 Å². The average Bonchev–Trinajstić information content (AvgIpc) is 2.16. The maximum absolute atomic E-state index is 3.53. The Morgan fingerprint density at radius 3 is 2.69 bits per heavy atom. The molecular weight excluding hydrogens is 226 g/mol. The number of hydrogen-bond donors (Lipinski definition) is 1. The van der Waals surface area contributed by atoms with Gasteiger partial charge in [-0.1, -0.05) is 41.1 Å². The quantitative estimate of drug-likeness (QED) is 0.853. The van der Waals surface area contributed by atoms with Gasteiger partial charge in [0.25, 0.3) is 0 Å². The first-order valence-corrected chi connectivity index (χ1v) is 5.50. The molecule has 0 saturated heterocycles. The van der Waals surface area contributed by atoms with Gasteiger partial charge < -0.3 is 5.32 Å². The summed E-state index contributed by atoms with van der Waals surface area (Å²) in [5.41, 5.74) is 1.32.